The number of benzene rings is 1. The molecule has 6 heteroatoms. The molecule has 0 bridgehead atoms. The molecule has 0 atom stereocenters. The lowest BCUT2D eigenvalue weighted by atomic mass is 10.1. The first-order valence-electron chi connectivity index (χ1n) is 5.05. The predicted molar refractivity (Wildman–Crippen MR) is 71.5 cm³/mol. The molecule has 1 N–H and O–H groups in total. The Hall–Kier alpha value is -1.77. The van der Waals surface area contributed by atoms with E-state index >= 15 is 0 Å². The molecule has 2 rings (SSSR count). The van der Waals surface area contributed by atoms with Crippen molar-refractivity contribution >= 4 is 23.4 Å². The van der Waals surface area contributed by atoms with Gasteiger partial charge in [0.1, 0.15) is 5.40 Å². The molecule has 18 heavy (non-hydrogen) atoms. The summed E-state index contributed by atoms with van der Waals surface area (Å²) in [4.78, 5) is 18.3. The second kappa shape index (κ2) is 5.25. The van der Waals surface area contributed by atoms with Crippen LogP contribution in [0.2, 0.25) is 5.15 Å². The molecule has 1 aromatic carbocycles. The molecule has 0 saturated heterocycles. The lowest BCUT2D eigenvalue weighted by molar-refractivity contribution is 1.01. The van der Waals surface area contributed by atoms with Crippen molar-refractivity contribution in [2.75, 3.05) is 0 Å². The quantitative estimate of drug-likeness (QED) is 0.677. The van der Waals surface area contributed by atoms with Crippen LogP contribution in [0.25, 0.3) is 11.3 Å². The summed E-state index contributed by atoms with van der Waals surface area (Å²) in [5.74, 6) is 0. The standard InChI is InChI=1S/C12H8ClN3OS/c1-7-4-2-3-5-8(7)9-10(13)16-12(18-6-14)11(17)15-9/h2-5H,1H3,(H,15,17). The van der Waals surface area contributed by atoms with Crippen molar-refractivity contribution in [2.24, 2.45) is 0 Å². The summed E-state index contributed by atoms with van der Waals surface area (Å²) in [6.45, 7) is 1.92. The van der Waals surface area contributed by atoms with Crippen molar-refractivity contribution in [2.45, 2.75) is 11.9 Å². The number of hydrogen-bond donors (Lipinski definition) is 1. The summed E-state index contributed by atoms with van der Waals surface area (Å²) in [5.41, 5.74) is 1.87. The number of halogens is 1. The van der Waals surface area contributed by atoms with Crippen molar-refractivity contribution in [1.82, 2.24) is 9.97 Å². The van der Waals surface area contributed by atoms with Gasteiger partial charge in [0, 0.05) is 17.3 Å². The molecule has 0 aliphatic heterocycles. The molecule has 0 unspecified atom stereocenters. The average Bonchev–Trinajstić information content (AvgIpc) is 2.35. The highest BCUT2D eigenvalue weighted by Gasteiger charge is 2.12. The monoisotopic (exact) mass is 277 g/mol. The molecule has 1 aromatic heterocycles. The van der Waals surface area contributed by atoms with E-state index in [4.69, 9.17) is 16.9 Å². The van der Waals surface area contributed by atoms with Gasteiger partial charge in [-0.15, -0.1) is 0 Å². The summed E-state index contributed by atoms with van der Waals surface area (Å²) in [6.07, 6.45) is 0. The van der Waals surface area contributed by atoms with Gasteiger partial charge in [0.15, 0.2) is 10.2 Å². The number of rotatable bonds is 2. The van der Waals surface area contributed by atoms with Crippen molar-refractivity contribution < 1.29 is 0 Å². The summed E-state index contributed by atoms with van der Waals surface area (Å²) in [5, 5.41) is 10.6. The van der Waals surface area contributed by atoms with E-state index in [9.17, 15) is 4.79 Å². The van der Waals surface area contributed by atoms with Crippen LogP contribution < -0.4 is 5.56 Å². The SMILES string of the molecule is Cc1ccccc1-c1[nH]c(=O)c(SC#N)nc1Cl. The van der Waals surface area contributed by atoms with Crippen LogP contribution in [0.1, 0.15) is 5.56 Å². The molecule has 0 aliphatic carbocycles. The molecular weight excluding hydrogens is 270 g/mol. The number of hydrogen-bond acceptors (Lipinski definition) is 4. The Morgan fingerprint density at radius 1 is 1.44 bits per heavy atom. The van der Waals surface area contributed by atoms with Gasteiger partial charge < -0.3 is 4.98 Å². The van der Waals surface area contributed by atoms with Gasteiger partial charge >= 0.3 is 0 Å². The van der Waals surface area contributed by atoms with E-state index in [1.54, 1.807) is 5.40 Å². The lowest BCUT2D eigenvalue weighted by Gasteiger charge is -2.07. The van der Waals surface area contributed by atoms with Crippen LogP contribution in [0.3, 0.4) is 0 Å². The fourth-order valence-corrected chi connectivity index (χ4v) is 2.21. The second-order valence-corrected chi connectivity index (χ2v) is 4.68. The first-order valence-corrected chi connectivity index (χ1v) is 6.24. The Morgan fingerprint density at radius 2 is 2.17 bits per heavy atom. The maximum atomic E-state index is 11.7. The second-order valence-electron chi connectivity index (χ2n) is 3.55. The minimum Gasteiger partial charge on any atom is -0.317 e. The van der Waals surface area contributed by atoms with Crippen LogP contribution in [0.4, 0.5) is 0 Å². The van der Waals surface area contributed by atoms with E-state index in [0.29, 0.717) is 17.5 Å². The lowest BCUT2D eigenvalue weighted by Crippen LogP contribution is -2.12. The van der Waals surface area contributed by atoms with Gasteiger partial charge in [-0.2, -0.15) is 5.26 Å². The zero-order valence-electron chi connectivity index (χ0n) is 9.40. The van der Waals surface area contributed by atoms with Gasteiger partial charge in [0.25, 0.3) is 5.56 Å². The van der Waals surface area contributed by atoms with Crippen molar-refractivity contribution in [3.05, 3.63) is 45.3 Å². The fraction of sp³-hybridized carbons (Fsp3) is 0.0833. The third-order valence-electron chi connectivity index (χ3n) is 2.40. The molecule has 0 radical (unpaired) electrons. The van der Waals surface area contributed by atoms with Gasteiger partial charge in [0.2, 0.25) is 0 Å². The van der Waals surface area contributed by atoms with Crippen molar-refractivity contribution in [1.29, 1.82) is 5.26 Å². The number of nitriles is 1. The predicted octanol–water partition coefficient (Wildman–Crippen LogP) is 2.97. The highest BCUT2D eigenvalue weighted by atomic mass is 35.5. The molecular formula is C12H8ClN3OS. The van der Waals surface area contributed by atoms with E-state index in [-0.39, 0.29) is 10.2 Å². The van der Waals surface area contributed by atoms with Crippen molar-refractivity contribution in [3.63, 3.8) is 0 Å². The molecule has 0 aliphatic rings. The minimum absolute atomic E-state index is 0.0554. The van der Waals surface area contributed by atoms with E-state index in [2.05, 4.69) is 9.97 Å². The van der Waals surface area contributed by atoms with Crippen LogP contribution >= 0.6 is 23.4 Å². The number of aromatic nitrogens is 2. The van der Waals surface area contributed by atoms with Gasteiger partial charge in [-0.05, 0) is 12.5 Å². The fourth-order valence-electron chi connectivity index (χ4n) is 1.56. The number of thiocyanates is 1. The van der Waals surface area contributed by atoms with E-state index in [1.807, 2.05) is 31.2 Å². The first kappa shape index (κ1) is 12.7. The van der Waals surface area contributed by atoms with Gasteiger partial charge in [-0.25, -0.2) is 4.98 Å². The molecule has 0 amide bonds. The van der Waals surface area contributed by atoms with Crippen molar-refractivity contribution in [3.8, 4) is 16.7 Å². The van der Waals surface area contributed by atoms with Crippen LogP contribution in [-0.4, -0.2) is 9.97 Å². The molecule has 0 spiro atoms. The summed E-state index contributed by atoms with van der Waals surface area (Å²) in [6, 6.07) is 7.53. The number of aromatic amines is 1. The maximum Gasteiger partial charge on any atom is 0.282 e. The van der Waals surface area contributed by atoms with E-state index in [0.717, 1.165) is 11.1 Å². The number of H-pyrrole nitrogens is 1. The highest BCUT2D eigenvalue weighted by Crippen LogP contribution is 2.26. The Bertz CT molecular complexity index is 690. The molecule has 4 nitrogen and oxygen atoms in total. The molecule has 1 heterocycles. The Kier molecular flexibility index (Phi) is 3.70. The Morgan fingerprint density at radius 3 is 2.83 bits per heavy atom. The Balaban J connectivity index is 2.61. The van der Waals surface area contributed by atoms with Crippen LogP contribution in [0.5, 0.6) is 0 Å². The largest absolute Gasteiger partial charge is 0.317 e. The van der Waals surface area contributed by atoms with Crippen LogP contribution in [-0.2, 0) is 0 Å². The Labute approximate surface area is 113 Å². The highest BCUT2D eigenvalue weighted by molar-refractivity contribution is 8.03. The summed E-state index contributed by atoms with van der Waals surface area (Å²) < 4.78 is 0. The number of aryl methyl sites for hydroxylation is 1. The third-order valence-corrected chi connectivity index (χ3v) is 3.23. The molecule has 90 valence electrons. The van der Waals surface area contributed by atoms with E-state index in [1.165, 1.54) is 0 Å². The van der Waals surface area contributed by atoms with Crippen LogP contribution in [0.15, 0.2) is 34.1 Å². The average molecular weight is 278 g/mol. The topological polar surface area (TPSA) is 69.5 Å². The maximum absolute atomic E-state index is 11.7. The van der Waals surface area contributed by atoms with E-state index < -0.39 is 5.56 Å². The minimum atomic E-state index is -0.413. The molecule has 0 saturated carbocycles. The summed E-state index contributed by atoms with van der Waals surface area (Å²) in [7, 11) is 0. The summed E-state index contributed by atoms with van der Waals surface area (Å²) >= 11 is 6.73. The first-order chi connectivity index (χ1) is 8.63. The third kappa shape index (κ3) is 2.40. The molecule has 0 fully saturated rings. The number of nitrogens with zero attached hydrogens (tertiary/aromatic N) is 2. The van der Waals surface area contributed by atoms with Gasteiger partial charge in [0.05, 0.1) is 5.69 Å². The normalized spacial score (nSPS) is 10.1. The molecule has 2 aromatic rings. The smallest absolute Gasteiger partial charge is 0.282 e. The van der Waals surface area contributed by atoms with Gasteiger partial charge in [-0.3, -0.25) is 4.79 Å². The van der Waals surface area contributed by atoms with Gasteiger partial charge in [-0.1, -0.05) is 35.9 Å². The zero-order valence-corrected chi connectivity index (χ0v) is 11.0. The number of nitrogens with one attached hydrogen (secondary N) is 1. The van der Waals surface area contributed by atoms with Crippen LogP contribution in [0, 0.1) is 17.6 Å². The zero-order chi connectivity index (χ0) is 13.1. The number of thioether (sulfide) groups is 1.